The standard InChI is InChI=1S/C15H18N4O3/c1-9(2)10-3-4-13(20)12(5-10)15(22)18-11-6-17-19(7-11)8-14(16)21/h3-7,9,20H,8H2,1-2H3,(H2,16,21)(H,18,22). The smallest absolute Gasteiger partial charge is 0.259 e. The quantitative estimate of drug-likeness (QED) is 0.776. The van der Waals surface area contributed by atoms with Crippen LogP contribution in [0.4, 0.5) is 5.69 Å². The number of benzene rings is 1. The third kappa shape index (κ3) is 3.63. The van der Waals surface area contributed by atoms with Crippen molar-refractivity contribution in [1.82, 2.24) is 9.78 Å². The first-order valence-corrected chi connectivity index (χ1v) is 6.82. The van der Waals surface area contributed by atoms with Crippen LogP contribution in [0.25, 0.3) is 0 Å². The summed E-state index contributed by atoms with van der Waals surface area (Å²) in [6.07, 6.45) is 2.90. The predicted molar refractivity (Wildman–Crippen MR) is 81.6 cm³/mol. The molecule has 0 fully saturated rings. The van der Waals surface area contributed by atoms with Crippen molar-refractivity contribution < 1.29 is 14.7 Å². The van der Waals surface area contributed by atoms with E-state index in [9.17, 15) is 14.7 Å². The van der Waals surface area contributed by atoms with Crippen LogP contribution in [-0.2, 0) is 11.3 Å². The number of hydrogen-bond donors (Lipinski definition) is 3. The molecule has 1 heterocycles. The SMILES string of the molecule is CC(C)c1ccc(O)c(C(=O)Nc2cnn(CC(N)=O)c2)c1. The number of primary amides is 1. The van der Waals surface area contributed by atoms with Gasteiger partial charge in [0.25, 0.3) is 5.91 Å². The maximum atomic E-state index is 12.2. The normalized spacial score (nSPS) is 10.7. The Balaban J connectivity index is 2.16. The first kappa shape index (κ1) is 15.6. The fourth-order valence-corrected chi connectivity index (χ4v) is 1.97. The van der Waals surface area contributed by atoms with Crippen molar-refractivity contribution in [2.24, 2.45) is 5.73 Å². The number of nitrogens with two attached hydrogens (primary N) is 1. The van der Waals surface area contributed by atoms with Gasteiger partial charge in [-0.05, 0) is 23.6 Å². The second kappa shape index (κ2) is 6.30. The van der Waals surface area contributed by atoms with Crippen LogP contribution in [0.2, 0.25) is 0 Å². The van der Waals surface area contributed by atoms with Gasteiger partial charge in [-0.1, -0.05) is 19.9 Å². The molecule has 0 unspecified atom stereocenters. The van der Waals surface area contributed by atoms with E-state index in [2.05, 4.69) is 10.4 Å². The number of amides is 2. The highest BCUT2D eigenvalue weighted by molar-refractivity contribution is 6.06. The summed E-state index contributed by atoms with van der Waals surface area (Å²) in [7, 11) is 0. The molecule has 22 heavy (non-hydrogen) atoms. The Kier molecular flexibility index (Phi) is 4.45. The van der Waals surface area contributed by atoms with E-state index in [-0.39, 0.29) is 23.8 Å². The third-order valence-electron chi connectivity index (χ3n) is 3.14. The van der Waals surface area contributed by atoms with Crippen LogP contribution in [0, 0.1) is 0 Å². The van der Waals surface area contributed by atoms with Gasteiger partial charge in [0, 0.05) is 6.20 Å². The zero-order valence-electron chi connectivity index (χ0n) is 12.4. The fourth-order valence-electron chi connectivity index (χ4n) is 1.97. The number of nitrogens with zero attached hydrogens (tertiary/aromatic N) is 2. The maximum absolute atomic E-state index is 12.2. The molecule has 0 aliphatic carbocycles. The number of rotatable bonds is 5. The van der Waals surface area contributed by atoms with Crippen LogP contribution in [0.15, 0.2) is 30.6 Å². The number of anilines is 1. The highest BCUT2D eigenvalue weighted by atomic mass is 16.3. The van der Waals surface area contributed by atoms with Gasteiger partial charge in [0.15, 0.2) is 0 Å². The predicted octanol–water partition coefficient (Wildman–Crippen LogP) is 1.45. The molecular weight excluding hydrogens is 284 g/mol. The molecule has 0 atom stereocenters. The molecule has 7 heteroatoms. The Hall–Kier alpha value is -2.83. The first-order valence-electron chi connectivity index (χ1n) is 6.82. The lowest BCUT2D eigenvalue weighted by molar-refractivity contribution is -0.118. The molecular formula is C15H18N4O3. The molecule has 0 aliphatic heterocycles. The molecule has 116 valence electrons. The number of aromatic nitrogens is 2. The Morgan fingerprint density at radius 3 is 2.77 bits per heavy atom. The number of phenols is 1. The van der Waals surface area contributed by atoms with Crippen molar-refractivity contribution in [1.29, 1.82) is 0 Å². The topological polar surface area (TPSA) is 110 Å². The van der Waals surface area contributed by atoms with Crippen molar-refractivity contribution in [3.05, 3.63) is 41.7 Å². The lowest BCUT2D eigenvalue weighted by Gasteiger charge is -2.10. The summed E-state index contributed by atoms with van der Waals surface area (Å²) in [6.45, 7) is 3.94. The Labute approximate surface area is 127 Å². The largest absolute Gasteiger partial charge is 0.507 e. The molecule has 0 bridgehead atoms. The highest BCUT2D eigenvalue weighted by Gasteiger charge is 2.14. The second-order valence-electron chi connectivity index (χ2n) is 5.28. The van der Waals surface area contributed by atoms with Gasteiger partial charge in [-0.3, -0.25) is 14.3 Å². The van der Waals surface area contributed by atoms with E-state index < -0.39 is 11.8 Å². The zero-order valence-corrected chi connectivity index (χ0v) is 12.4. The molecule has 4 N–H and O–H groups in total. The minimum absolute atomic E-state index is 0.0655. The minimum atomic E-state index is -0.525. The molecule has 0 saturated carbocycles. The summed E-state index contributed by atoms with van der Waals surface area (Å²) in [5.74, 6) is -0.821. The van der Waals surface area contributed by atoms with Crippen LogP contribution in [0.1, 0.15) is 35.7 Å². The summed E-state index contributed by atoms with van der Waals surface area (Å²) in [4.78, 5) is 23.0. The Bertz CT molecular complexity index is 707. The zero-order chi connectivity index (χ0) is 16.3. The number of carbonyl (C=O) groups excluding carboxylic acids is 2. The monoisotopic (exact) mass is 302 g/mol. The maximum Gasteiger partial charge on any atom is 0.259 e. The number of nitrogens with one attached hydrogen (secondary N) is 1. The second-order valence-corrected chi connectivity index (χ2v) is 5.28. The van der Waals surface area contributed by atoms with Crippen LogP contribution in [-0.4, -0.2) is 26.7 Å². The van der Waals surface area contributed by atoms with Crippen molar-refractivity contribution in [2.45, 2.75) is 26.3 Å². The van der Waals surface area contributed by atoms with Gasteiger partial charge in [0.1, 0.15) is 12.3 Å². The highest BCUT2D eigenvalue weighted by Crippen LogP contribution is 2.24. The van der Waals surface area contributed by atoms with E-state index >= 15 is 0 Å². The third-order valence-corrected chi connectivity index (χ3v) is 3.14. The number of hydrogen-bond acceptors (Lipinski definition) is 4. The number of carbonyl (C=O) groups is 2. The van der Waals surface area contributed by atoms with Crippen molar-refractivity contribution in [2.75, 3.05) is 5.32 Å². The van der Waals surface area contributed by atoms with Gasteiger partial charge >= 0.3 is 0 Å². The number of phenolic OH excluding ortho intramolecular Hbond substituents is 1. The van der Waals surface area contributed by atoms with Crippen molar-refractivity contribution in [3.63, 3.8) is 0 Å². The summed E-state index contributed by atoms with van der Waals surface area (Å²) in [6, 6.07) is 4.94. The van der Waals surface area contributed by atoms with Gasteiger partial charge in [-0.15, -0.1) is 0 Å². The lowest BCUT2D eigenvalue weighted by atomic mass is 10.00. The Morgan fingerprint density at radius 2 is 2.14 bits per heavy atom. The molecule has 7 nitrogen and oxygen atoms in total. The molecule has 1 aromatic carbocycles. The fraction of sp³-hybridized carbons (Fsp3) is 0.267. The summed E-state index contributed by atoms with van der Waals surface area (Å²) in [5.41, 5.74) is 6.63. The lowest BCUT2D eigenvalue weighted by Crippen LogP contribution is -2.18. The molecule has 0 saturated heterocycles. The molecule has 1 aromatic heterocycles. The van der Waals surface area contributed by atoms with E-state index in [4.69, 9.17) is 5.73 Å². The van der Waals surface area contributed by atoms with Crippen LogP contribution >= 0.6 is 0 Å². The average molecular weight is 302 g/mol. The molecule has 0 aliphatic rings. The average Bonchev–Trinajstić information content (AvgIpc) is 2.85. The summed E-state index contributed by atoms with van der Waals surface area (Å²) < 4.78 is 1.32. The van der Waals surface area contributed by atoms with E-state index in [1.54, 1.807) is 12.1 Å². The van der Waals surface area contributed by atoms with Crippen molar-refractivity contribution >= 4 is 17.5 Å². The van der Waals surface area contributed by atoms with Gasteiger partial charge in [-0.2, -0.15) is 5.10 Å². The van der Waals surface area contributed by atoms with Crippen LogP contribution in [0.5, 0.6) is 5.75 Å². The summed E-state index contributed by atoms with van der Waals surface area (Å²) in [5, 5.41) is 16.4. The Morgan fingerprint density at radius 1 is 1.41 bits per heavy atom. The first-order chi connectivity index (χ1) is 10.4. The molecule has 2 aromatic rings. The van der Waals surface area contributed by atoms with E-state index in [0.717, 1.165) is 5.56 Å². The molecule has 0 spiro atoms. The van der Waals surface area contributed by atoms with Gasteiger partial charge < -0.3 is 16.2 Å². The number of aromatic hydroxyl groups is 1. The van der Waals surface area contributed by atoms with E-state index in [1.165, 1.54) is 23.1 Å². The summed E-state index contributed by atoms with van der Waals surface area (Å²) >= 11 is 0. The molecule has 0 radical (unpaired) electrons. The molecule has 2 amide bonds. The van der Waals surface area contributed by atoms with E-state index in [0.29, 0.717) is 5.69 Å². The van der Waals surface area contributed by atoms with Gasteiger partial charge in [0.05, 0.1) is 17.4 Å². The van der Waals surface area contributed by atoms with Gasteiger partial charge in [-0.25, -0.2) is 0 Å². The minimum Gasteiger partial charge on any atom is -0.507 e. The van der Waals surface area contributed by atoms with Gasteiger partial charge in [0.2, 0.25) is 5.91 Å². The van der Waals surface area contributed by atoms with Crippen LogP contribution in [0.3, 0.4) is 0 Å². The van der Waals surface area contributed by atoms with Crippen molar-refractivity contribution in [3.8, 4) is 5.75 Å². The van der Waals surface area contributed by atoms with Crippen LogP contribution < -0.4 is 11.1 Å². The van der Waals surface area contributed by atoms with E-state index in [1.807, 2.05) is 13.8 Å². The molecule has 2 rings (SSSR count).